The number of sulfonamides is 1. The number of carbonyl (C=O) groups excluding carboxylic acids is 1. The Balaban J connectivity index is 1.60. The van der Waals surface area contributed by atoms with E-state index in [-0.39, 0.29) is 40.7 Å². The number of amides is 1. The maximum Gasteiger partial charge on any atom is 0.335 e. The summed E-state index contributed by atoms with van der Waals surface area (Å²) in [6.07, 6.45) is -0.357. The molecule has 1 amide bonds. The molecule has 3 atom stereocenters. The number of aliphatic hydroxyl groups is 1. The number of nitrogens with zero attached hydrogens (tertiary/aromatic N) is 2. The van der Waals surface area contributed by atoms with Gasteiger partial charge < -0.3 is 19.8 Å². The number of thiophene rings is 1. The maximum absolute atomic E-state index is 13.4. The monoisotopic (exact) mass is 601 g/mol. The topological polar surface area (TPSA) is 136 Å². The van der Waals surface area contributed by atoms with Crippen LogP contribution in [-0.4, -0.2) is 79.2 Å². The van der Waals surface area contributed by atoms with E-state index in [2.05, 4.69) is 9.62 Å². The van der Waals surface area contributed by atoms with Crippen LogP contribution in [0.3, 0.4) is 0 Å². The van der Waals surface area contributed by atoms with Gasteiger partial charge in [0.25, 0.3) is 10.0 Å². The zero-order valence-electron chi connectivity index (χ0n) is 23.2. The van der Waals surface area contributed by atoms with Crippen LogP contribution in [0.4, 0.5) is 5.69 Å². The summed E-state index contributed by atoms with van der Waals surface area (Å²) in [4.78, 5) is 28.3. The first-order chi connectivity index (χ1) is 19.5. The lowest BCUT2D eigenvalue weighted by Crippen LogP contribution is -2.47. The van der Waals surface area contributed by atoms with Crippen LogP contribution in [0.1, 0.15) is 35.3 Å². The van der Waals surface area contributed by atoms with Gasteiger partial charge in [-0.1, -0.05) is 25.1 Å². The van der Waals surface area contributed by atoms with E-state index in [0.717, 1.165) is 16.9 Å². The molecule has 0 saturated heterocycles. The SMILES string of the molecule is C[C@H](CO)N1C[C@H](C)[C@H](CN(C)Cc2ccc(C(=O)O)cc2)Oc2ccc(NS(=O)(=O)c3cccs3)cc2CC1=O. The zero-order chi connectivity index (χ0) is 29.7. The number of fused-ring (bicyclic) bond motifs is 1. The van der Waals surface area contributed by atoms with Gasteiger partial charge in [-0.25, -0.2) is 13.2 Å². The van der Waals surface area contributed by atoms with Crippen LogP contribution in [0, 0.1) is 5.92 Å². The number of ether oxygens (including phenoxy) is 1. The van der Waals surface area contributed by atoms with Gasteiger partial charge in [0, 0.05) is 36.8 Å². The van der Waals surface area contributed by atoms with Crippen LogP contribution in [-0.2, 0) is 27.8 Å². The number of nitrogens with one attached hydrogen (secondary N) is 1. The van der Waals surface area contributed by atoms with E-state index in [1.54, 1.807) is 65.7 Å². The minimum atomic E-state index is -3.77. The van der Waals surface area contributed by atoms with E-state index in [0.29, 0.717) is 36.6 Å². The molecule has 0 bridgehead atoms. The lowest BCUT2D eigenvalue weighted by molar-refractivity contribution is -0.134. The van der Waals surface area contributed by atoms with Gasteiger partial charge in [0.2, 0.25) is 5.91 Å². The van der Waals surface area contributed by atoms with E-state index in [9.17, 15) is 23.1 Å². The number of rotatable bonds is 10. The molecule has 1 aliphatic heterocycles. The Morgan fingerprint density at radius 1 is 1.22 bits per heavy atom. The Morgan fingerprint density at radius 2 is 1.95 bits per heavy atom. The molecule has 41 heavy (non-hydrogen) atoms. The summed E-state index contributed by atoms with van der Waals surface area (Å²) in [6, 6.07) is 14.4. The molecule has 3 N–H and O–H groups in total. The summed E-state index contributed by atoms with van der Waals surface area (Å²) in [5.41, 5.74) is 2.03. The van der Waals surface area contributed by atoms with E-state index in [1.807, 2.05) is 14.0 Å². The van der Waals surface area contributed by atoms with Crippen LogP contribution in [0.5, 0.6) is 5.75 Å². The first-order valence-corrected chi connectivity index (χ1v) is 15.6. The number of hydrogen-bond acceptors (Lipinski definition) is 8. The smallest absolute Gasteiger partial charge is 0.335 e. The molecular formula is C29H35N3O7S2. The van der Waals surface area contributed by atoms with Crippen molar-refractivity contribution in [2.75, 3.05) is 31.5 Å². The van der Waals surface area contributed by atoms with Crippen LogP contribution >= 0.6 is 11.3 Å². The predicted octanol–water partition coefficient (Wildman–Crippen LogP) is 3.53. The van der Waals surface area contributed by atoms with Crippen molar-refractivity contribution in [1.82, 2.24) is 9.80 Å². The highest BCUT2D eigenvalue weighted by atomic mass is 32.2. The van der Waals surface area contributed by atoms with E-state index >= 15 is 0 Å². The third kappa shape index (κ3) is 7.64. The van der Waals surface area contributed by atoms with Crippen LogP contribution in [0.25, 0.3) is 0 Å². The standard InChI is InChI=1S/C29H35N3O7S2/c1-19-15-32(20(2)18-33)27(34)14-23-13-24(30-41(37,38)28-5-4-12-40-28)10-11-25(23)39-26(19)17-31(3)16-21-6-8-22(9-7-21)29(35)36/h4-13,19-20,26,30,33H,14-18H2,1-3H3,(H,35,36)/t19-,20+,26-/m0/s1. The van der Waals surface area contributed by atoms with Gasteiger partial charge in [-0.15, -0.1) is 11.3 Å². The molecule has 0 spiro atoms. The molecule has 0 aliphatic carbocycles. The number of carboxylic acid groups (broad SMARTS) is 1. The molecular weight excluding hydrogens is 566 g/mol. The normalized spacial score (nSPS) is 18.6. The molecule has 0 radical (unpaired) electrons. The van der Waals surface area contributed by atoms with Gasteiger partial charge >= 0.3 is 5.97 Å². The van der Waals surface area contributed by atoms with E-state index < -0.39 is 22.0 Å². The highest BCUT2D eigenvalue weighted by molar-refractivity contribution is 7.94. The maximum atomic E-state index is 13.4. The summed E-state index contributed by atoms with van der Waals surface area (Å²) >= 11 is 1.11. The number of carboxylic acids is 1. The molecule has 10 nitrogen and oxygen atoms in total. The molecule has 0 fully saturated rings. The summed E-state index contributed by atoms with van der Waals surface area (Å²) in [5.74, 6) is -0.774. The molecule has 220 valence electrons. The van der Waals surface area contributed by atoms with Gasteiger partial charge in [0.05, 0.1) is 24.6 Å². The Kier molecular flexibility index (Phi) is 9.69. The van der Waals surface area contributed by atoms with Gasteiger partial charge in [0.15, 0.2) is 0 Å². The van der Waals surface area contributed by atoms with E-state index in [4.69, 9.17) is 9.84 Å². The fourth-order valence-corrected chi connectivity index (χ4v) is 6.81. The second kappa shape index (κ2) is 13.0. The number of aromatic carboxylic acids is 1. The second-order valence-electron chi connectivity index (χ2n) is 10.4. The molecule has 2 aromatic carbocycles. The van der Waals surface area contributed by atoms with Crippen molar-refractivity contribution < 1.29 is 33.0 Å². The van der Waals surface area contributed by atoms with Crippen molar-refractivity contribution in [3.63, 3.8) is 0 Å². The highest BCUT2D eigenvalue weighted by Gasteiger charge is 2.31. The lowest BCUT2D eigenvalue weighted by atomic mass is 10.0. The average molecular weight is 602 g/mol. The highest BCUT2D eigenvalue weighted by Crippen LogP contribution is 2.30. The minimum Gasteiger partial charge on any atom is -0.488 e. The number of benzene rings is 2. The van der Waals surface area contributed by atoms with Crippen molar-refractivity contribution in [1.29, 1.82) is 0 Å². The van der Waals surface area contributed by atoms with Crippen LogP contribution in [0.15, 0.2) is 64.2 Å². The number of hydrogen-bond donors (Lipinski definition) is 3. The quantitative estimate of drug-likeness (QED) is 0.321. The third-order valence-electron chi connectivity index (χ3n) is 7.07. The summed E-state index contributed by atoms with van der Waals surface area (Å²) < 4.78 is 34.9. The Bertz CT molecular complexity index is 1460. The Morgan fingerprint density at radius 3 is 2.59 bits per heavy atom. The van der Waals surface area contributed by atoms with Gasteiger partial charge in [-0.05, 0) is 61.3 Å². The molecule has 1 aromatic heterocycles. The zero-order valence-corrected chi connectivity index (χ0v) is 24.8. The van der Waals surface area contributed by atoms with Crippen molar-refractivity contribution in [2.24, 2.45) is 5.92 Å². The van der Waals surface area contributed by atoms with Crippen molar-refractivity contribution >= 4 is 38.9 Å². The van der Waals surface area contributed by atoms with Crippen molar-refractivity contribution in [2.45, 2.75) is 43.2 Å². The average Bonchev–Trinajstić information content (AvgIpc) is 3.49. The first-order valence-electron chi connectivity index (χ1n) is 13.2. The van der Waals surface area contributed by atoms with Gasteiger partial charge in [-0.3, -0.25) is 14.4 Å². The van der Waals surface area contributed by atoms with Crippen LogP contribution in [0.2, 0.25) is 0 Å². The number of aliphatic hydroxyl groups excluding tert-OH is 1. The lowest BCUT2D eigenvalue weighted by Gasteiger charge is -2.34. The molecule has 12 heteroatoms. The molecule has 4 rings (SSSR count). The fourth-order valence-electron chi connectivity index (χ4n) is 4.77. The minimum absolute atomic E-state index is 0.0144. The number of likely N-dealkylation sites (N-methyl/N-ethyl adjacent to an activating group) is 1. The van der Waals surface area contributed by atoms with Gasteiger partial charge in [-0.2, -0.15) is 0 Å². The summed E-state index contributed by atoms with van der Waals surface area (Å²) in [5, 5.41) is 20.7. The van der Waals surface area contributed by atoms with E-state index in [1.165, 1.54) is 6.07 Å². The predicted molar refractivity (Wildman–Crippen MR) is 157 cm³/mol. The van der Waals surface area contributed by atoms with Crippen molar-refractivity contribution in [3.05, 3.63) is 76.7 Å². The fraction of sp³-hybridized carbons (Fsp3) is 0.379. The molecule has 0 saturated carbocycles. The Hall–Kier alpha value is -3.45. The van der Waals surface area contributed by atoms with Crippen molar-refractivity contribution in [3.8, 4) is 5.75 Å². The molecule has 3 aromatic rings. The van der Waals surface area contributed by atoms with Crippen LogP contribution < -0.4 is 9.46 Å². The van der Waals surface area contributed by atoms with Gasteiger partial charge in [0.1, 0.15) is 16.1 Å². The first kappa shape index (κ1) is 30.5. The molecule has 0 unspecified atom stereocenters. The Labute approximate surface area is 244 Å². The number of carbonyl (C=O) groups is 2. The molecule has 1 aliphatic rings. The summed E-state index contributed by atoms with van der Waals surface area (Å²) in [6.45, 7) is 5.03. The summed E-state index contributed by atoms with van der Waals surface area (Å²) in [7, 11) is -1.83. The largest absolute Gasteiger partial charge is 0.488 e. The number of anilines is 1. The third-order valence-corrected chi connectivity index (χ3v) is 9.85. The second-order valence-corrected chi connectivity index (χ2v) is 13.3. The molecule has 2 heterocycles.